The highest BCUT2D eigenvalue weighted by atomic mass is 16.5. The summed E-state index contributed by atoms with van der Waals surface area (Å²) in [6, 6.07) is 1.89. The normalized spacial score (nSPS) is 11.3. The van der Waals surface area contributed by atoms with Crippen LogP contribution in [0.25, 0.3) is 0 Å². The van der Waals surface area contributed by atoms with Crippen molar-refractivity contribution in [3.05, 3.63) is 24.0 Å². The first-order valence-electron chi connectivity index (χ1n) is 4.04. The maximum atomic E-state index is 5.23. The summed E-state index contributed by atoms with van der Waals surface area (Å²) in [4.78, 5) is 4.08. The van der Waals surface area contributed by atoms with Crippen LogP contribution in [-0.4, -0.2) is 12.1 Å². The third-order valence-electron chi connectivity index (χ3n) is 1.81. The van der Waals surface area contributed by atoms with E-state index in [4.69, 9.17) is 4.74 Å². The smallest absolute Gasteiger partial charge is 0.125 e. The molecular formula is C10H15NO. The van der Waals surface area contributed by atoms with Crippen LogP contribution < -0.4 is 4.74 Å². The molecule has 0 N–H and O–H groups in total. The van der Waals surface area contributed by atoms with Crippen LogP contribution in [0.2, 0.25) is 0 Å². The van der Waals surface area contributed by atoms with E-state index in [2.05, 4.69) is 25.8 Å². The molecule has 0 fully saturated rings. The molecule has 0 spiro atoms. The lowest BCUT2D eigenvalue weighted by molar-refractivity contribution is 0.396. The highest BCUT2D eigenvalue weighted by Gasteiger charge is 2.18. The first-order chi connectivity index (χ1) is 5.55. The second-order valence-electron chi connectivity index (χ2n) is 3.83. The van der Waals surface area contributed by atoms with E-state index in [-0.39, 0.29) is 5.41 Å². The third kappa shape index (κ3) is 1.76. The molecule has 0 saturated heterocycles. The van der Waals surface area contributed by atoms with Gasteiger partial charge < -0.3 is 4.74 Å². The van der Waals surface area contributed by atoms with Gasteiger partial charge in [-0.05, 0) is 11.5 Å². The third-order valence-corrected chi connectivity index (χ3v) is 1.81. The lowest BCUT2D eigenvalue weighted by atomic mass is 9.88. The summed E-state index contributed by atoms with van der Waals surface area (Å²) in [5, 5.41) is 0. The number of hydrogen-bond acceptors (Lipinski definition) is 2. The van der Waals surface area contributed by atoms with Gasteiger partial charge in [0.05, 0.1) is 7.11 Å². The molecule has 0 radical (unpaired) electrons. The molecule has 1 aromatic rings. The van der Waals surface area contributed by atoms with E-state index in [1.807, 2.05) is 12.3 Å². The van der Waals surface area contributed by atoms with Crippen molar-refractivity contribution >= 4 is 0 Å². The lowest BCUT2D eigenvalue weighted by Gasteiger charge is -2.20. The van der Waals surface area contributed by atoms with E-state index in [0.29, 0.717) is 0 Å². The average Bonchev–Trinajstić information content (AvgIpc) is 2.03. The van der Waals surface area contributed by atoms with Gasteiger partial charge in [-0.1, -0.05) is 20.8 Å². The minimum Gasteiger partial charge on any atom is -0.496 e. The number of rotatable bonds is 1. The average molecular weight is 165 g/mol. The van der Waals surface area contributed by atoms with Gasteiger partial charge in [-0.25, -0.2) is 0 Å². The van der Waals surface area contributed by atoms with Crippen LogP contribution in [0, 0.1) is 0 Å². The predicted molar refractivity (Wildman–Crippen MR) is 49.5 cm³/mol. The first-order valence-corrected chi connectivity index (χ1v) is 4.04. The van der Waals surface area contributed by atoms with Crippen LogP contribution in [0.3, 0.4) is 0 Å². The lowest BCUT2D eigenvalue weighted by Crippen LogP contribution is -2.12. The Morgan fingerprint density at radius 1 is 1.33 bits per heavy atom. The highest BCUT2D eigenvalue weighted by molar-refractivity contribution is 5.35. The van der Waals surface area contributed by atoms with Gasteiger partial charge in [0.1, 0.15) is 5.75 Å². The fraction of sp³-hybridized carbons (Fsp3) is 0.500. The van der Waals surface area contributed by atoms with Gasteiger partial charge >= 0.3 is 0 Å². The van der Waals surface area contributed by atoms with Crippen LogP contribution in [0.15, 0.2) is 18.5 Å². The van der Waals surface area contributed by atoms with E-state index < -0.39 is 0 Å². The van der Waals surface area contributed by atoms with Crippen molar-refractivity contribution in [2.24, 2.45) is 0 Å². The molecule has 0 bridgehead atoms. The number of methoxy groups -OCH3 is 1. The molecule has 1 rings (SSSR count). The Kier molecular flexibility index (Phi) is 2.36. The van der Waals surface area contributed by atoms with E-state index in [1.165, 1.54) is 0 Å². The van der Waals surface area contributed by atoms with Crippen LogP contribution in [0.4, 0.5) is 0 Å². The fourth-order valence-corrected chi connectivity index (χ4v) is 1.12. The van der Waals surface area contributed by atoms with Crippen LogP contribution in [0.5, 0.6) is 5.75 Å². The number of nitrogens with zero attached hydrogens (tertiary/aromatic N) is 1. The minimum atomic E-state index is 0.0968. The van der Waals surface area contributed by atoms with Crippen molar-refractivity contribution in [3.63, 3.8) is 0 Å². The molecule has 12 heavy (non-hydrogen) atoms. The Labute approximate surface area is 73.6 Å². The molecule has 0 atom stereocenters. The molecule has 0 saturated carbocycles. The summed E-state index contributed by atoms with van der Waals surface area (Å²) in [6.07, 6.45) is 3.60. The van der Waals surface area contributed by atoms with Gasteiger partial charge in [0.2, 0.25) is 0 Å². The second kappa shape index (κ2) is 3.13. The molecule has 66 valence electrons. The van der Waals surface area contributed by atoms with Crippen LogP contribution in [0.1, 0.15) is 26.3 Å². The Balaban J connectivity index is 3.14. The maximum Gasteiger partial charge on any atom is 0.125 e. The summed E-state index contributed by atoms with van der Waals surface area (Å²) < 4.78 is 5.23. The number of aromatic nitrogens is 1. The van der Waals surface area contributed by atoms with Crippen molar-refractivity contribution in [3.8, 4) is 5.75 Å². The minimum absolute atomic E-state index is 0.0968. The second-order valence-corrected chi connectivity index (χ2v) is 3.83. The van der Waals surface area contributed by atoms with E-state index in [0.717, 1.165) is 11.3 Å². The Morgan fingerprint density at radius 3 is 2.42 bits per heavy atom. The maximum absolute atomic E-state index is 5.23. The molecule has 2 nitrogen and oxygen atoms in total. The standard InChI is InChI=1S/C10H15NO/c1-10(2,3)8-7-11-6-5-9(8)12-4/h5-7H,1-4H3. The number of hydrogen-bond donors (Lipinski definition) is 0. The Morgan fingerprint density at radius 2 is 2.00 bits per heavy atom. The fourth-order valence-electron chi connectivity index (χ4n) is 1.12. The van der Waals surface area contributed by atoms with Crippen molar-refractivity contribution in [2.45, 2.75) is 26.2 Å². The molecule has 0 aliphatic carbocycles. The molecule has 0 amide bonds. The molecule has 0 aromatic carbocycles. The van der Waals surface area contributed by atoms with E-state index in [9.17, 15) is 0 Å². The quantitative estimate of drug-likeness (QED) is 0.637. The molecule has 1 aromatic heterocycles. The van der Waals surface area contributed by atoms with Crippen molar-refractivity contribution < 1.29 is 4.74 Å². The molecule has 1 heterocycles. The van der Waals surface area contributed by atoms with Crippen LogP contribution in [-0.2, 0) is 5.41 Å². The molecule has 0 aliphatic rings. The number of ether oxygens (including phenoxy) is 1. The zero-order valence-electron chi connectivity index (χ0n) is 8.09. The van der Waals surface area contributed by atoms with E-state index in [1.54, 1.807) is 13.3 Å². The number of pyridine rings is 1. The Hall–Kier alpha value is -1.05. The van der Waals surface area contributed by atoms with Gasteiger partial charge in [0.15, 0.2) is 0 Å². The van der Waals surface area contributed by atoms with Gasteiger partial charge in [-0.15, -0.1) is 0 Å². The van der Waals surface area contributed by atoms with Gasteiger partial charge in [0, 0.05) is 18.0 Å². The SMILES string of the molecule is COc1ccncc1C(C)(C)C. The molecule has 2 heteroatoms. The summed E-state index contributed by atoms with van der Waals surface area (Å²) in [7, 11) is 1.69. The summed E-state index contributed by atoms with van der Waals surface area (Å²) in [5.74, 6) is 0.914. The zero-order valence-corrected chi connectivity index (χ0v) is 8.09. The first kappa shape index (κ1) is 9.04. The molecule has 0 unspecified atom stereocenters. The highest BCUT2D eigenvalue weighted by Crippen LogP contribution is 2.29. The summed E-state index contributed by atoms with van der Waals surface area (Å²) >= 11 is 0. The molecular weight excluding hydrogens is 150 g/mol. The summed E-state index contributed by atoms with van der Waals surface area (Å²) in [5.41, 5.74) is 1.24. The van der Waals surface area contributed by atoms with Crippen molar-refractivity contribution in [1.82, 2.24) is 4.98 Å². The molecule has 0 aliphatic heterocycles. The van der Waals surface area contributed by atoms with Crippen molar-refractivity contribution in [1.29, 1.82) is 0 Å². The van der Waals surface area contributed by atoms with E-state index >= 15 is 0 Å². The van der Waals surface area contributed by atoms with Gasteiger partial charge in [-0.3, -0.25) is 4.98 Å². The predicted octanol–water partition coefficient (Wildman–Crippen LogP) is 2.39. The summed E-state index contributed by atoms with van der Waals surface area (Å²) in [6.45, 7) is 6.44. The van der Waals surface area contributed by atoms with Crippen LogP contribution >= 0.6 is 0 Å². The van der Waals surface area contributed by atoms with Crippen molar-refractivity contribution in [2.75, 3.05) is 7.11 Å². The topological polar surface area (TPSA) is 22.1 Å². The zero-order chi connectivity index (χ0) is 9.19. The van der Waals surface area contributed by atoms with Gasteiger partial charge in [0.25, 0.3) is 0 Å². The van der Waals surface area contributed by atoms with Gasteiger partial charge in [-0.2, -0.15) is 0 Å². The largest absolute Gasteiger partial charge is 0.496 e. The monoisotopic (exact) mass is 165 g/mol. The Bertz CT molecular complexity index is 263.